The number of hydrogen-bond donors (Lipinski definition) is 1. The Morgan fingerprint density at radius 1 is 1.00 bits per heavy atom. The quantitative estimate of drug-likeness (QED) is 0.255. The van der Waals surface area contributed by atoms with E-state index in [9.17, 15) is 14.7 Å². The lowest BCUT2D eigenvalue weighted by atomic mass is 9.95. The fraction of sp³-hybridized carbons (Fsp3) is 0.154. The Hall–Kier alpha value is -3.48. The zero-order chi connectivity index (χ0) is 24.4. The van der Waals surface area contributed by atoms with Crippen LogP contribution in [0.4, 0.5) is 5.69 Å². The number of nitrogens with zero attached hydrogens (tertiary/aromatic N) is 1. The van der Waals surface area contributed by atoms with Crippen LogP contribution in [-0.4, -0.2) is 30.5 Å². The van der Waals surface area contributed by atoms with Crippen LogP contribution in [0.1, 0.15) is 24.1 Å². The maximum atomic E-state index is 13.3. The normalized spacial score (nSPS) is 17.2. The van der Waals surface area contributed by atoms with Gasteiger partial charge in [0.05, 0.1) is 30.4 Å². The third kappa shape index (κ3) is 4.34. The first-order valence-electron chi connectivity index (χ1n) is 10.5. The Bertz CT molecular complexity index is 1290. The summed E-state index contributed by atoms with van der Waals surface area (Å²) in [6.45, 7) is 2.30. The van der Waals surface area contributed by atoms with Crippen molar-refractivity contribution in [2.24, 2.45) is 0 Å². The van der Waals surface area contributed by atoms with E-state index < -0.39 is 23.5 Å². The van der Waals surface area contributed by atoms with E-state index in [2.05, 4.69) is 0 Å². The maximum Gasteiger partial charge on any atom is 0.300 e. The molecule has 0 aliphatic carbocycles. The highest BCUT2D eigenvalue weighted by atomic mass is 35.5. The van der Waals surface area contributed by atoms with E-state index >= 15 is 0 Å². The molecule has 1 fully saturated rings. The summed E-state index contributed by atoms with van der Waals surface area (Å²) in [7, 11) is 1.48. The molecule has 1 N–H and O–H groups in total. The van der Waals surface area contributed by atoms with Crippen LogP contribution in [0.3, 0.4) is 0 Å². The van der Waals surface area contributed by atoms with Crippen molar-refractivity contribution in [3.8, 4) is 11.5 Å². The van der Waals surface area contributed by atoms with Crippen molar-refractivity contribution in [2.45, 2.75) is 13.0 Å². The summed E-state index contributed by atoms with van der Waals surface area (Å²) < 4.78 is 10.9. The highest BCUT2D eigenvalue weighted by Crippen LogP contribution is 2.44. The largest absolute Gasteiger partial charge is 0.507 e. The number of aliphatic hydroxyl groups excluding tert-OH is 1. The molecule has 1 atom stereocenters. The number of rotatable bonds is 6. The smallest absolute Gasteiger partial charge is 0.300 e. The van der Waals surface area contributed by atoms with E-state index in [4.69, 9.17) is 32.7 Å². The highest BCUT2D eigenvalue weighted by Gasteiger charge is 2.47. The van der Waals surface area contributed by atoms with Crippen molar-refractivity contribution < 1.29 is 24.2 Å². The minimum absolute atomic E-state index is 0.0937. The lowest BCUT2D eigenvalue weighted by Gasteiger charge is -2.26. The van der Waals surface area contributed by atoms with Crippen LogP contribution in [0, 0.1) is 0 Å². The summed E-state index contributed by atoms with van der Waals surface area (Å²) in [5.41, 5.74) is 1.12. The molecule has 34 heavy (non-hydrogen) atoms. The van der Waals surface area contributed by atoms with Crippen LogP contribution < -0.4 is 14.4 Å². The minimum Gasteiger partial charge on any atom is -0.507 e. The Kier molecular flexibility index (Phi) is 6.82. The number of halogens is 2. The molecule has 1 saturated heterocycles. The van der Waals surface area contributed by atoms with Gasteiger partial charge in [0, 0.05) is 16.3 Å². The van der Waals surface area contributed by atoms with Gasteiger partial charge >= 0.3 is 0 Å². The van der Waals surface area contributed by atoms with Crippen LogP contribution in [0.5, 0.6) is 11.5 Å². The Morgan fingerprint density at radius 3 is 2.41 bits per heavy atom. The standard InChI is InChI=1S/C26H21Cl2NO5/c1-3-34-19-6-4-5-15(13-19)23-22(24(30)20-14-18(33-2)11-12-21(20)28)25(31)26(32)29(23)17-9-7-16(27)8-10-17/h4-14,23,30H,3H2,1-2H3/b24-22+. The second kappa shape index (κ2) is 9.79. The second-order valence-corrected chi connectivity index (χ2v) is 8.34. The zero-order valence-electron chi connectivity index (χ0n) is 18.4. The minimum atomic E-state index is -0.927. The van der Waals surface area contributed by atoms with Crippen molar-refractivity contribution in [1.29, 1.82) is 0 Å². The molecule has 1 unspecified atom stereocenters. The Labute approximate surface area is 206 Å². The summed E-state index contributed by atoms with van der Waals surface area (Å²) in [5.74, 6) is -1.01. The predicted octanol–water partition coefficient (Wildman–Crippen LogP) is 6.03. The van der Waals surface area contributed by atoms with Gasteiger partial charge < -0.3 is 14.6 Å². The zero-order valence-corrected chi connectivity index (χ0v) is 19.9. The molecule has 3 aromatic rings. The average molecular weight is 498 g/mol. The molecule has 4 rings (SSSR count). The number of benzene rings is 3. The van der Waals surface area contributed by atoms with Crippen LogP contribution in [0.15, 0.2) is 72.3 Å². The van der Waals surface area contributed by atoms with E-state index in [1.54, 1.807) is 60.7 Å². The molecule has 1 amide bonds. The number of ketones is 1. The molecule has 1 aliphatic heterocycles. The SMILES string of the molecule is CCOc1cccc(C2/C(=C(\O)c3cc(OC)ccc3Cl)C(=O)C(=O)N2c2ccc(Cl)cc2)c1. The van der Waals surface area contributed by atoms with Crippen molar-refractivity contribution in [2.75, 3.05) is 18.6 Å². The summed E-state index contributed by atoms with van der Waals surface area (Å²) in [6.07, 6.45) is 0. The fourth-order valence-electron chi connectivity index (χ4n) is 3.91. The summed E-state index contributed by atoms with van der Waals surface area (Å²) in [4.78, 5) is 27.9. The average Bonchev–Trinajstić information content (AvgIpc) is 3.10. The maximum absolute atomic E-state index is 13.3. The molecular formula is C26H21Cl2NO5. The van der Waals surface area contributed by atoms with Gasteiger partial charge in [0.2, 0.25) is 0 Å². The van der Waals surface area contributed by atoms with E-state index in [0.717, 1.165) is 0 Å². The molecule has 174 valence electrons. The lowest BCUT2D eigenvalue weighted by molar-refractivity contribution is -0.132. The summed E-state index contributed by atoms with van der Waals surface area (Å²) >= 11 is 12.4. The molecule has 1 heterocycles. The van der Waals surface area contributed by atoms with Crippen molar-refractivity contribution in [3.05, 3.63) is 93.5 Å². The molecule has 3 aromatic carbocycles. The first-order valence-corrected chi connectivity index (χ1v) is 11.2. The summed E-state index contributed by atoms with van der Waals surface area (Å²) in [6, 6.07) is 17.4. The van der Waals surface area contributed by atoms with Gasteiger partial charge in [0.15, 0.2) is 0 Å². The van der Waals surface area contributed by atoms with E-state index in [-0.39, 0.29) is 16.2 Å². The van der Waals surface area contributed by atoms with Gasteiger partial charge in [0.25, 0.3) is 11.7 Å². The first-order chi connectivity index (χ1) is 16.3. The number of carbonyl (C=O) groups excluding carboxylic acids is 2. The van der Waals surface area contributed by atoms with Crippen LogP contribution in [0.25, 0.3) is 5.76 Å². The number of aliphatic hydroxyl groups is 1. The van der Waals surface area contributed by atoms with Crippen LogP contribution in [0.2, 0.25) is 10.0 Å². The number of hydrogen-bond acceptors (Lipinski definition) is 5. The number of methoxy groups -OCH3 is 1. The van der Waals surface area contributed by atoms with Gasteiger partial charge in [-0.15, -0.1) is 0 Å². The van der Waals surface area contributed by atoms with Gasteiger partial charge in [0.1, 0.15) is 17.3 Å². The monoisotopic (exact) mass is 497 g/mol. The van der Waals surface area contributed by atoms with E-state index in [1.807, 2.05) is 6.92 Å². The van der Waals surface area contributed by atoms with Gasteiger partial charge in [-0.05, 0) is 67.1 Å². The van der Waals surface area contributed by atoms with Crippen LogP contribution in [-0.2, 0) is 9.59 Å². The van der Waals surface area contributed by atoms with E-state index in [0.29, 0.717) is 34.4 Å². The second-order valence-electron chi connectivity index (χ2n) is 7.50. The van der Waals surface area contributed by atoms with Gasteiger partial charge in [-0.2, -0.15) is 0 Å². The highest BCUT2D eigenvalue weighted by molar-refractivity contribution is 6.52. The fourth-order valence-corrected chi connectivity index (χ4v) is 4.25. The molecule has 0 spiro atoms. The molecule has 6 nitrogen and oxygen atoms in total. The third-order valence-electron chi connectivity index (χ3n) is 5.46. The molecular weight excluding hydrogens is 477 g/mol. The number of Topliss-reactive ketones (excluding diaryl/α,β-unsaturated/α-hetero) is 1. The molecule has 0 aromatic heterocycles. The number of anilines is 1. The topological polar surface area (TPSA) is 76.1 Å². The Balaban J connectivity index is 1.96. The lowest BCUT2D eigenvalue weighted by Crippen LogP contribution is -2.29. The molecule has 0 saturated carbocycles. The van der Waals surface area contributed by atoms with Gasteiger partial charge in [-0.25, -0.2) is 0 Å². The predicted molar refractivity (Wildman–Crippen MR) is 132 cm³/mol. The first kappa shape index (κ1) is 23.7. The van der Waals surface area contributed by atoms with Gasteiger partial charge in [-0.1, -0.05) is 35.3 Å². The van der Waals surface area contributed by atoms with Crippen LogP contribution >= 0.6 is 23.2 Å². The number of carbonyl (C=O) groups is 2. The number of ether oxygens (including phenoxy) is 2. The number of amides is 1. The van der Waals surface area contributed by atoms with Crippen molar-refractivity contribution >= 4 is 46.3 Å². The molecule has 0 radical (unpaired) electrons. The molecule has 8 heteroatoms. The molecule has 1 aliphatic rings. The summed E-state index contributed by atoms with van der Waals surface area (Å²) in [5, 5.41) is 12.0. The third-order valence-corrected chi connectivity index (χ3v) is 6.04. The molecule has 0 bridgehead atoms. The van der Waals surface area contributed by atoms with Crippen molar-refractivity contribution in [1.82, 2.24) is 0 Å². The van der Waals surface area contributed by atoms with Crippen molar-refractivity contribution in [3.63, 3.8) is 0 Å². The Morgan fingerprint density at radius 2 is 1.74 bits per heavy atom. The van der Waals surface area contributed by atoms with Gasteiger partial charge in [-0.3, -0.25) is 14.5 Å². The van der Waals surface area contributed by atoms with E-state index in [1.165, 1.54) is 18.1 Å².